The third-order valence-electron chi connectivity index (χ3n) is 5.27. The summed E-state index contributed by atoms with van der Waals surface area (Å²) in [6.07, 6.45) is 6.09. The number of carbonyl (C=O) groups is 2. The van der Waals surface area contributed by atoms with Gasteiger partial charge in [0.15, 0.2) is 5.65 Å². The number of carbonyl (C=O) groups excluding carboxylic acids is 2. The van der Waals surface area contributed by atoms with Crippen LogP contribution in [-0.2, 0) is 22.6 Å². The molecule has 1 aliphatic heterocycles. The predicted octanol–water partition coefficient (Wildman–Crippen LogP) is 1.72. The molecular formula is C21H20N8O2. The highest BCUT2D eigenvalue weighted by atomic mass is 16.2. The van der Waals surface area contributed by atoms with Crippen LogP contribution in [0.1, 0.15) is 12.5 Å². The molecule has 156 valence electrons. The first-order valence-electron chi connectivity index (χ1n) is 9.82. The first kappa shape index (κ1) is 18.8. The average Bonchev–Trinajstić information content (AvgIpc) is 3.44. The lowest BCUT2D eigenvalue weighted by molar-refractivity contribution is -0.117. The van der Waals surface area contributed by atoms with Gasteiger partial charge >= 0.3 is 0 Å². The molecule has 3 aromatic heterocycles. The molecule has 0 saturated carbocycles. The number of benzene rings is 1. The Kier molecular flexibility index (Phi) is 4.39. The third kappa shape index (κ3) is 3.59. The SMILES string of the molecule is CC(=O)N1CCc2ccc(NC(=O)Cn3cc(-c4ccn5nc(N)nc5c4)cn3)cc21. The van der Waals surface area contributed by atoms with E-state index < -0.39 is 0 Å². The molecule has 0 saturated heterocycles. The molecule has 3 N–H and O–H groups in total. The largest absolute Gasteiger partial charge is 0.366 e. The van der Waals surface area contributed by atoms with Crippen LogP contribution in [0, 0.1) is 0 Å². The molecule has 0 aliphatic carbocycles. The highest BCUT2D eigenvalue weighted by Crippen LogP contribution is 2.31. The van der Waals surface area contributed by atoms with Crippen LogP contribution in [0.25, 0.3) is 16.8 Å². The molecule has 0 bridgehead atoms. The minimum absolute atomic E-state index is 0.00157. The second-order valence-corrected chi connectivity index (χ2v) is 7.43. The number of amides is 2. The van der Waals surface area contributed by atoms with Crippen molar-refractivity contribution in [3.05, 3.63) is 54.5 Å². The summed E-state index contributed by atoms with van der Waals surface area (Å²) in [6, 6.07) is 9.39. The Hall–Kier alpha value is -4.21. The maximum absolute atomic E-state index is 12.5. The zero-order chi connectivity index (χ0) is 21.5. The molecule has 0 fully saturated rings. The van der Waals surface area contributed by atoms with Crippen molar-refractivity contribution in [1.29, 1.82) is 0 Å². The number of aromatic nitrogens is 5. The van der Waals surface area contributed by atoms with Crippen LogP contribution in [0.3, 0.4) is 0 Å². The smallest absolute Gasteiger partial charge is 0.246 e. The van der Waals surface area contributed by atoms with Crippen LogP contribution < -0.4 is 16.0 Å². The normalized spacial score (nSPS) is 12.9. The van der Waals surface area contributed by atoms with Gasteiger partial charge in [0.2, 0.25) is 17.8 Å². The van der Waals surface area contributed by atoms with Crippen molar-refractivity contribution in [1.82, 2.24) is 24.4 Å². The third-order valence-corrected chi connectivity index (χ3v) is 5.27. The first-order chi connectivity index (χ1) is 15.0. The van der Waals surface area contributed by atoms with Gasteiger partial charge in [-0.1, -0.05) is 6.07 Å². The van der Waals surface area contributed by atoms with Gasteiger partial charge in [-0.2, -0.15) is 10.1 Å². The molecular weight excluding hydrogens is 396 g/mol. The van der Waals surface area contributed by atoms with Crippen molar-refractivity contribution in [2.75, 3.05) is 22.5 Å². The molecule has 0 unspecified atom stereocenters. The van der Waals surface area contributed by atoms with Crippen LogP contribution in [-0.4, -0.2) is 42.7 Å². The fourth-order valence-electron chi connectivity index (χ4n) is 3.81. The van der Waals surface area contributed by atoms with Crippen molar-refractivity contribution in [2.45, 2.75) is 19.9 Å². The predicted molar refractivity (Wildman–Crippen MR) is 115 cm³/mol. The fraction of sp³-hybridized carbons (Fsp3) is 0.190. The summed E-state index contributed by atoms with van der Waals surface area (Å²) in [5, 5.41) is 11.2. The van der Waals surface area contributed by atoms with Crippen LogP contribution in [0.15, 0.2) is 48.9 Å². The molecule has 1 aliphatic rings. The van der Waals surface area contributed by atoms with E-state index in [9.17, 15) is 9.59 Å². The Morgan fingerprint density at radius 3 is 2.90 bits per heavy atom. The first-order valence-corrected chi connectivity index (χ1v) is 9.82. The van der Waals surface area contributed by atoms with Gasteiger partial charge in [0, 0.05) is 42.8 Å². The zero-order valence-electron chi connectivity index (χ0n) is 16.8. The number of pyridine rings is 1. The minimum atomic E-state index is -0.206. The second-order valence-electron chi connectivity index (χ2n) is 7.43. The van der Waals surface area contributed by atoms with Crippen LogP contribution in [0.2, 0.25) is 0 Å². The van der Waals surface area contributed by atoms with Gasteiger partial charge in [-0.3, -0.25) is 14.3 Å². The molecule has 4 heterocycles. The topological polar surface area (TPSA) is 123 Å². The number of nitrogens with one attached hydrogen (secondary N) is 1. The van der Waals surface area contributed by atoms with E-state index in [0.717, 1.165) is 28.8 Å². The van der Waals surface area contributed by atoms with Crippen molar-refractivity contribution < 1.29 is 9.59 Å². The van der Waals surface area contributed by atoms with Crippen LogP contribution in [0.4, 0.5) is 17.3 Å². The molecule has 2 amide bonds. The molecule has 10 nitrogen and oxygen atoms in total. The van der Waals surface area contributed by atoms with Crippen molar-refractivity contribution in [3.8, 4) is 11.1 Å². The Balaban J connectivity index is 1.29. The molecule has 4 aromatic rings. The maximum Gasteiger partial charge on any atom is 0.246 e. The number of rotatable bonds is 4. The minimum Gasteiger partial charge on any atom is -0.366 e. The van der Waals surface area contributed by atoms with Crippen molar-refractivity contribution in [3.63, 3.8) is 0 Å². The molecule has 31 heavy (non-hydrogen) atoms. The molecule has 10 heteroatoms. The van der Waals surface area contributed by atoms with Gasteiger partial charge in [0.05, 0.1) is 6.20 Å². The average molecular weight is 416 g/mol. The summed E-state index contributed by atoms with van der Waals surface area (Å²) >= 11 is 0. The van der Waals surface area contributed by atoms with E-state index in [-0.39, 0.29) is 24.3 Å². The lowest BCUT2D eigenvalue weighted by atomic mass is 10.1. The molecule has 5 rings (SSSR count). The second kappa shape index (κ2) is 7.24. The monoisotopic (exact) mass is 416 g/mol. The summed E-state index contributed by atoms with van der Waals surface area (Å²) in [6.45, 7) is 2.28. The van der Waals surface area contributed by atoms with E-state index >= 15 is 0 Å². The Morgan fingerprint density at radius 1 is 1.19 bits per heavy atom. The number of nitrogens with zero attached hydrogens (tertiary/aromatic N) is 6. The highest BCUT2D eigenvalue weighted by molar-refractivity contribution is 5.96. The van der Waals surface area contributed by atoms with Crippen LogP contribution in [0.5, 0.6) is 0 Å². The van der Waals surface area contributed by atoms with E-state index in [1.807, 2.05) is 30.3 Å². The fourth-order valence-corrected chi connectivity index (χ4v) is 3.81. The van der Waals surface area contributed by atoms with Gasteiger partial charge in [-0.15, -0.1) is 5.10 Å². The van der Waals surface area contributed by atoms with Crippen molar-refractivity contribution in [2.24, 2.45) is 0 Å². The Bertz CT molecular complexity index is 1320. The quantitative estimate of drug-likeness (QED) is 0.522. The van der Waals surface area contributed by atoms with Gasteiger partial charge in [0.25, 0.3) is 0 Å². The standard InChI is InChI=1S/C21H20N8O2/c1-13(30)28-6-4-14-2-3-17(9-18(14)28)24-20(31)12-27-11-16(10-23-27)15-5-7-29-19(8-15)25-21(22)26-29/h2-3,5,7-11H,4,6,12H2,1H3,(H2,22,26)(H,24,31). The number of hydrogen-bond donors (Lipinski definition) is 2. The van der Waals surface area contributed by atoms with E-state index in [2.05, 4.69) is 20.5 Å². The molecule has 1 aromatic carbocycles. The summed E-state index contributed by atoms with van der Waals surface area (Å²) in [5.41, 5.74) is 10.6. The summed E-state index contributed by atoms with van der Waals surface area (Å²) in [7, 11) is 0. The van der Waals surface area contributed by atoms with E-state index in [1.165, 1.54) is 0 Å². The number of nitrogen functional groups attached to an aromatic ring is 1. The lowest BCUT2D eigenvalue weighted by Gasteiger charge is -2.15. The number of anilines is 3. The molecule has 0 spiro atoms. The Labute approximate surface area is 177 Å². The lowest BCUT2D eigenvalue weighted by Crippen LogP contribution is -2.26. The van der Waals surface area contributed by atoms with E-state index in [0.29, 0.717) is 17.9 Å². The van der Waals surface area contributed by atoms with Gasteiger partial charge in [-0.05, 0) is 41.8 Å². The highest BCUT2D eigenvalue weighted by Gasteiger charge is 2.22. The van der Waals surface area contributed by atoms with Gasteiger partial charge in [-0.25, -0.2) is 4.52 Å². The maximum atomic E-state index is 12.5. The summed E-state index contributed by atoms with van der Waals surface area (Å²) in [4.78, 5) is 30.2. The van der Waals surface area contributed by atoms with Gasteiger partial charge in [0.1, 0.15) is 6.54 Å². The van der Waals surface area contributed by atoms with Crippen molar-refractivity contribution >= 4 is 34.8 Å². The Morgan fingerprint density at radius 2 is 2.06 bits per heavy atom. The zero-order valence-corrected chi connectivity index (χ0v) is 16.8. The number of fused-ring (bicyclic) bond motifs is 2. The van der Waals surface area contributed by atoms with E-state index in [1.54, 1.807) is 39.6 Å². The van der Waals surface area contributed by atoms with E-state index in [4.69, 9.17) is 5.73 Å². The van der Waals surface area contributed by atoms with Gasteiger partial charge < -0.3 is 16.0 Å². The molecule has 0 atom stereocenters. The number of nitrogens with two attached hydrogens (primary N) is 1. The molecule has 0 radical (unpaired) electrons. The van der Waals surface area contributed by atoms with Crippen LogP contribution >= 0.6 is 0 Å². The summed E-state index contributed by atoms with van der Waals surface area (Å²) in [5.74, 6) is 0.00319. The summed E-state index contributed by atoms with van der Waals surface area (Å²) < 4.78 is 3.17. The number of hydrogen-bond acceptors (Lipinski definition) is 6.